The van der Waals surface area contributed by atoms with Gasteiger partial charge in [0, 0.05) is 16.6 Å². The summed E-state index contributed by atoms with van der Waals surface area (Å²) in [6, 6.07) is 7.04. The molecule has 0 heterocycles. The minimum absolute atomic E-state index is 0.0710. The van der Waals surface area contributed by atoms with Gasteiger partial charge in [0.25, 0.3) is 5.91 Å². The maximum Gasteiger partial charge on any atom is 0.263 e. The Morgan fingerprint density at radius 3 is 2.28 bits per heavy atom. The predicted octanol–water partition coefficient (Wildman–Crippen LogP) is 3.11. The Labute approximate surface area is 177 Å². The minimum atomic E-state index is -3.25. The first-order valence-corrected chi connectivity index (χ1v) is 12.5. The molecular weight excluding hydrogens is 412 g/mol. The van der Waals surface area contributed by atoms with Gasteiger partial charge in [-0.1, -0.05) is 11.6 Å². The molecule has 1 aromatic rings. The number of carbonyl (C=O) groups excluding carboxylic acids is 1. The zero-order valence-electron chi connectivity index (χ0n) is 17.1. The second-order valence-electron chi connectivity index (χ2n) is 9.69. The molecule has 0 aromatic heterocycles. The predicted molar refractivity (Wildman–Crippen MR) is 112 cm³/mol. The van der Waals surface area contributed by atoms with Gasteiger partial charge in [-0.05, 0) is 88.0 Å². The maximum atomic E-state index is 13.1. The van der Waals surface area contributed by atoms with Crippen molar-refractivity contribution in [2.75, 3.05) is 6.26 Å². The fourth-order valence-corrected chi connectivity index (χ4v) is 7.11. The molecule has 1 amide bonds. The molecule has 29 heavy (non-hydrogen) atoms. The molecule has 4 fully saturated rings. The van der Waals surface area contributed by atoms with Crippen LogP contribution in [0.1, 0.15) is 46.0 Å². The third kappa shape index (κ3) is 4.42. The standard InChI is InChI=1S/C21H29ClN2O4S/c1-20(2,28-17-6-4-16(22)5-7-17)19(25)23-18-14-8-13-9-15(18)12-21(10-13,11-14)24-29(3,26)27/h4-7,13-15,18,24H,8-12H2,1-3H3,(H,23,25). The van der Waals surface area contributed by atoms with Crippen molar-refractivity contribution >= 4 is 27.5 Å². The van der Waals surface area contributed by atoms with Crippen molar-refractivity contribution < 1.29 is 17.9 Å². The largest absolute Gasteiger partial charge is 0.478 e. The highest BCUT2D eigenvalue weighted by atomic mass is 35.5. The summed E-state index contributed by atoms with van der Waals surface area (Å²) < 4.78 is 32.7. The number of amides is 1. The molecule has 0 saturated heterocycles. The fraction of sp³-hybridized carbons (Fsp3) is 0.667. The van der Waals surface area contributed by atoms with E-state index in [4.69, 9.17) is 16.3 Å². The van der Waals surface area contributed by atoms with E-state index in [1.165, 1.54) is 6.26 Å². The number of hydrogen-bond acceptors (Lipinski definition) is 4. The summed E-state index contributed by atoms with van der Waals surface area (Å²) in [6.07, 6.45) is 5.83. The monoisotopic (exact) mass is 440 g/mol. The average molecular weight is 441 g/mol. The summed E-state index contributed by atoms with van der Waals surface area (Å²) in [4.78, 5) is 13.1. The number of halogens is 1. The van der Waals surface area contributed by atoms with E-state index in [1.807, 2.05) is 0 Å². The Balaban J connectivity index is 1.45. The van der Waals surface area contributed by atoms with Crippen molar-refractivity contribution in [2.45, 2.75) is 63.1 Å². The molecule has 1 aromatic carbocycles. The number of hydrogen-bond donors (Lipinski definition) is 2. The van der Waals surface area contributed by atoms with E-state index < -0.39 is 15.6 Å². The van der Waals surface area contributed by atoms with Gasteiger partial charge < -0.3 is 10.1 Å². The van der Waals surface area contributed by atoms with Crippen molar-refractivity contribution in [3.05, 3.63) is 29.3 Å². The number of sulfonamides is 1. The maximum absolute atomic E-state index is 13.1. The summed E-state index contributed by atoms with van der Waals surface area (Å²) in [5.41, 5.74) is -1.36. The quantitative estimate of drug-likeness (QED) is 0.711. The van der Waals surface area contributed by atoms with Crippen LogP contribution in [0, 0.1) is 17.8 Å². The molecule has 2 unspecified atom stereocenters. The zero-order chi connectivity index (χ0) is 21.0. The lowest BCUT2D eigenvalue weighted by Crippen LogP contribution is -2.67. The van der Waals surface area contributed by atoms with Crippen LogP contribution in [0.2, 0.25) is 5.02 Å². The molecule has 6 nitrogen and oxygen atoms in total. The van der Waals surface area contributed by atoms with E-state index in [-0.39, 0.29) is 17.5 Å². The number of benzene rings is 1. The van der Waals surface area contributed by atoms with Crippen molar-refractivity contribution in [3.63, 3.8) is 0 Å². The van der Waals surface area contributed by atoms with Gasteiger partial charge >= 0.3 is 0 Å². The van der Waals surface area contributed by atoms with Crippen LogP contribution in [0.15, 0.2) is 24.3 Å². The smallest absolute Gasteiger partial charge is 0.263 e. The summed E-state index contributed by atoms with van der Waals surface area (Å²) in [5.74, 6) is 1.58. The molecule has 4 bridgehead atoms. The number of rotatable bonds is 6. The van der Waals surface area contributed by atoms with Crippen LogP contribution >= 0.6 is 11.6 Å². The van der Waals surface area contributed by atoms with E-state index in [0.717, 1.165) is 32.1 Å². The van der Waals surface area contributed by atoms with Crippen molar-refractivity contribution in [1.29, 1.82) is 0 Å². The van der Waals surface area contributed by atoms with Crippen LogP contribution in [0.4, 0.5) is 0 Å². The molecule has 2 atom stereocenters. The highest BCUT2D eigenvalue weighted by Gasteiger charge is 2.57. The molecule has 2 N–H and O–H groups in total. The molecule has 5 rings (SSSR count). The molecule has 0 spiro atoms. The van der Waals surface area contributed by atoms with E-state index >= 15 is 0 Å². The number of carbonyl (C=O) groups is 1. The van der Waals surface area contributed by atoms with Gasteiger partial charge in [-0.25, -0.2) is 13.1 Å². The second kappa shape index (κ2) is 7.13. The number of nitrogens with one attached hydrogen (secondary N) is 2. The van der Waals surface area contributed by atoms with Crippen LogP contribution < -0.4 is 14.8 Å². The third-order valence-corrected chi connectivity index (χ3v) is 7.76. The lowest BCUT2D eigenvalue weighted by Gasteiger charge is -2.60. The molecule has 160 valence electrons. The van der Waals surface area contributed by atoms with Crippen LogP contribution in [0.3, 0.4) is 0 Å². The van der Waals surface area contributed by atoms with Crippen LogP contribution in [-0.2, 0) is 14.8 Å². The van der Waals surface area contributed by atoms with Gasteiger partial charge in [0.05, 0.1) is 6.26 Å². The highest BCUT2D eigenvalue weighted by molar-refractivity contribution is 7.88. The topological polar surface area (TPSA) is 84.5 Å². The normalized spacial score (nSPS) is 33.5. The average Bonchev–Trinajstić information content (AvgIpc) is 2.57. The molecular formula is C21H29ClN2O4S. The van der Waals surface area contributed by atoms with Gasteiger partial charge in [-0.3, -0.25) is 4.79 Å². The van der Waals surface area contributed by atoms with Crippen LogP contribution in [0.25, 0.3) is 0 Å². The van der Waals surface area contributed by atoms with E-state index in [0.29, 0.717) is 28.5 Å². The Morgan fingerprint density at radius 1 is 1.14 bits per heavy atom. The Bertz CT molecular complexity index is 884. The Kier molecular flexibility index (Phi) is 5.15. The van der Waals surface area contributed by atoms with Crippen LogP contribution in [0.5, 0.6) is 5.75 Å². The van der Waals surface area contributed by atoms with Gasteiger partial charge in [0.15, 0.2) is 5.60 Å². The fourth-order valence-electron chi connectivity index (χ4n) is 5.95. The molecule has 4 aliphatic rings. The van der Waals surface area contributed by atoms with Gasteiger partial charge in [0.1, 0.15) is 5.75 Å². The first-order valence-electron chi connectivity index (χ1n) is 10.2. The molecule has 8 heteroatoms. The molecule has 4 aliphatic carbocycles. The van der Waals surface area contributed by atoms with E-state index in [9.17, 15) is 13.2 Å². The summed E-state index contributed by atoms with van der Waals surface area (Å²) in [5, 5.41) is 3.86. The lowest BCUT2D eigenvalue weighted by molar-refractivity contribution is -0.138. The summed E-state index contributed by atoms with van der Waals surface area (Å²) in [6.45, 7) is 3.53. The number of ether oxygens (including phenoxy) is 1. The highest BCUT2D eigenvalue weighted by Crippen LogP contribution is 2.56. The first kappa shape index (κ1) is 20.9. The van der Waals surface area contributed by atoms with Crippen molar-refractivity contribution in [1.82, 2.24) is 10.0 Å². The minimum Gasteiger partial charge on any atom is -0.478 e. The zero-order valence-corrected chi connectivity index (χ0v) is 18.6. The van der Waals surface area contributed by atoms with Gasteiger partial charge in [0.2, 0.25) is 10.0 Å². The molecule has 0 radical (unpaired) electrons. The first-order chi connectivity index (χ1) is 13.4. The Morgan fingerprint density at radius 2 is 1.72 bits per heavy atom. The molecule has 0 aliphatic heterocycles. The molecule has 4 saturated carbocycles. The van der Waals surface area contributed by atoms with E-state index in [2.05, 4.69) is 10.0 Å². The lowest BCUT2D eigenvalue weighted by atomic mass is 9.51. The third-order valence-electron chi connectivity index (χ3n) is 6.71. The van der Waals surface area contributed by atoms with E-state index in [1.54, 1.807) is 38.1 Å². The van der Waals surface area contributed by atoms with Gasteiger partial charge in [-0.15, -0.1) is 0 Å². The summed E-state index contributed by atoms with van der Waals surface area (Å²) >= 11 is 5.92. The SMILES string of the molecule is CC(C)(Oc1ccc(Cl)cc1)C(=O)NC1C2CC3CC1CC(NS(C)(=O)=O)(C3)C2. The Hall–Kier alpha value is -1.31. The van der Waals surface area contributed by atoms with Crippen LogP contribution in [-0.4, -0.2) is 37.8 Å². The second-order valence-corrected chi connectivity index (χ2v) is 11.9. The van der Waals surface area contributed by atoms with Gasteiger partial charge in [-0.2, -0.15) is 0 Å². The van der Waals surface area contributed by atoms with Crippen molar-refractivity contribution in [3.8, 4) is 5.75 Å². The summed E-state index contributed by atoms with van der Waals surface area (Å²) in [7, 11) is -3.25. The van der Waals surface area contributed by atoms with Crippen molar-refractivity contribution in [2.24, 2.45) is 17.8 Å².